The van der Waals surface area contributed by atoms with Gasteiger partial charge < -0.3 is 15.3 Å². The largest absolute Gasteiger partial charge is 0.391 e. The number of hydrogen-bond donors (Lipinski definition) is 2. The maximum Gasteiger partial charge on any atom is 0.238 e. The minimum Gasteiger partial charge on any atom is -0.391 e. The van der Waals surface area contributed by atoms with E-state index < -0.39 is 11.5 Å². The van der Waals surface area contributed by atoms with Crippen LogP contribution in [0.2, 0.25) is 0 Å². The van der Waals surface area contributed by atoms with Gasteiger partial charge in [0.2, 0.25) is 11.8 Å². The Morgan fingerprint density at radius 3 is 2.65 bits per heavy atom. The molecule has 2 saturated heterocycles. The quantitative estimate of drug-likeness (QED) is 0.859. The molecule has 142 valence electrons. The highest BCUT2D eigenvalue weighted by atomic mass is 16.3. The highest BCUT2D eigenvalue weighted by molar-refractivity contribution is 5.93. The molecule has 2 heterocycles. The van der Waals surface area contributed by atoms with Gasteiger partial charge in [-0.2, -0.15) is 0 Å². The van der Waals surface area contributed by atoms with Crippen LogP contribution in [-0.4, -0.2) is 66.1 Å². The van der Waals surface area contributed by atoms with Crippen LogP contribution in [0.25, 0.3) is 0 Å². The Kier molecular flexibility index (Phi) is 5.34. The lowest BCUT2D eigenvalue weighted by atomic mass is 9.71. The van der Waals surface area contributed by atoms with E-state index in [0.717, 1.165) is 11.3 Å². The standard InChI is InChI=1S/C20H29N3O3/c1-14-4-5-17(15(2)10-14)21-18(25)13-23-8-6-20(7-9-23)11-16(24)12-22(3)19(20)26/h4-5,10,16,24H,6-9,11-13H2,1-3H3,(H,21,25). The first-order valence-electron chi connectivity index (χ1n) is 9.32. The van der Waals surface area contributed by atoms with Gasteiger partial charge in [-0.3, -0.25) is 14.5 Å². The number of nitrogens with one attached hydrogen (secondary N) is 1. The Hall–Kier alpha value is -1.92. The van der Waals surface area contributed by atoms with Gasteiger partial charge in [0, 0.05) is 19.3 Å². The van der Waals surface area contributed by atoms with Crippen LogP contribution in [-0.2, 0) is 9.59 Å². The molecule has 0 bridgehead atoms. The van der Waals surface area contributed by atoms with E-state index in [-0.39, 0.29) is 11.8 Å². The van der Waals surface area contributed by atoms with E-state index in [1.54, 1.807) is 11.9 Å². The van der Waals surface area contributed by atoms with Crippen molar-refractivity contribution in [2.45, 2.75) is 39.2 Å². The molecule has 1 unspecified atom stereocenters. The van der Waals surface area contributed by atoms with Crippen molar-refractivity contribution in [3.8, 4) is 0 Å². The fraction of sp³-hybridized carbons (Fsp3) is 0.600. The molecular weight excluding hydrogens is 330 g/mol. The third-order valence-electron chi connectivity index (χ3n) is 5.75. The van der Waals surface area contributed by atoms with Gasteiger partial charge >= 0.3 is 0 Å². The van der Waals surface area contributed by atoms with Crippen molar-refractivity contribution in [2.75, 3.05) is 38.5 Å². The fourth-order valence-corrected chi connectivity index (χ4v) is 4.31. The van der Waals surface area contributed by atoms with E-state index in [1.165, 1.54) is 5.56 Å². The smallest absolute Gasteiger partial charge is 0.238 e. The summed E-state index contributed by atoms with van der Waals surface area (Å²) in [6.45, 7) is 6.17. The molecule has 6 heteroatoms. The summed E-state index contributed by atoms with van der Waals surface area (Å²) in [5.74, 6) is 0.113. The number of carbonyl (C=O) groups is 2. The van der Waals surface area contributed by atoms with Crippen molar-refractivity contribution >= 4 is 17.5 Å². The van der Waals surface area contributed by atoms with Crippen LogP contribution in [0.3, 0.4) is 0 Å². The molecule has 2 fully saturated rings. The Morgan fingerprint density at radius 1 is 1.31 bits per heavy atom. The number of amides is 2. The van der Waals surface area contributed by atoms with E-state index in [1.807, 2.05) is 26.0 Å². The number of nitrogens with zero attached hydrogens (tertiary/aromatic N) is 2. The van der Waals surface area contributed by atoms with Crippen molar-refractivity contribution in [1.82, 2.24) is 9.80 Å². The topological polar surface area (TPSA) is 72.9 Å². The molecule has 1 aromatic rings. The summed E-state index contributed by atoms with van der Waals surface area (Å²) in [5, 5.41) is 13.0. The second-order valence-electron chi connectivity index (χ2n) is 7.97. The lowest BCUT2D eigenvalue weighted by Crippen LogP contribution is -2.56. The number of carbonyl (C=O) groups excluding carboxylic acids is 2. The van der Waals surface area contributed by atoms with Gasteiger partial charge in [-0.15, -0.1) is 0 Å². The van der Waals surface area contributed by atoms with Gasteiger partial charge in [-0.25, -0.2) is 0 Å². The fourth-order valence-electron chi connectivity index (χ4n) is 4.31. The zero-order valence-corrected chi connectivity index (χ0v) is 15.9. The summed E-state index contributed by atoms with van der Waals surface area (Å²) in [5.41, 5.74) is 2.63. The van der Waals surface area contributed by atoms with Crippen LogP contribution in [0.15, 0.2) is 18.2 Å². The predicted molar refractivity (Wildman–Crippen MR) is 101 cm³/mol. The van der Waals surface area contributed by atoms with Crippen molar-refractivity contribution in [2.24, 2.45) is 5.41 Å². The molecule has 3 rings (SSSR count). The monoisotopic (exact) mass is 359 g/mol. The first kappa shape index (κ1) is 18.9. The molecule has 0 aliphatic carbocycles. The van der Waals surface area contributed by atoms with Crippen LogP contribution in [0.1, 0.15) is 30.4 Å². The zero-order chi connectivity index (χ0) is 18.9. The molecule has 2 aliphatic rings. The van der Waals surface area contributed by atoms with E-state index in [4.69, 9.17) is 0 Å². The van der Waals surface area contributed by atoms with Crippen molar-refractivity contribution in [3.63, 3.8) is 0 Å². The third kappa shape index (κ3) is 3.91. The zero-order valence-electron chi connectivity index (χ0n) is 15.9. The number of hydrogen-bond acceptors (Lipinski definition) is 4. The summed E-state index contributed by atoms with van der Waals surface area (Å²) in [6.07, 6.45) is 1.49. The van der Waals surface area contributed by atoms with Gasteiger partial charge in [0.05, 0.1) is 18.1 Å². The number of likely N-dealkylation sites (N-methyl/N-ethyl adjacent to an activating group) is 1. The molecule has 6 nitrogen and oxygen atoms in total. The normalized spacial score (nSPS) is 23.3. The molecule has 1 atom stereocenters. The molecule has 2 N–H and O–H groups in total. The Balaban J connectivity index is 1.55. The Morgan fingerprint density at radius 2 is 2.00 bits per heavy atom. The number of likely N-dealkylation sites (tertiary alicyclic amines) is 2. The average molecular weight is 359 g/mol. The molecule has 0 saturated carbocycles. The maximum absolute atomic E-state index is 12.6. The Labute approximate surface area is 155 Å². The molecule has 0 aromatic heterocycles. The summed E-state index contributed by atoms with van der Waals surface area (Å²) in [4.78, 5) is 28.7. The summed E-state index contributed by atoms with van der Waals surface area (Å²) < 4.78 is 0. The van der Waals surface area contributed by atoms with Crippen molar-refractivity contribution < 1.29 is 14.7 Å². The summed E-state index contributed by atoms with van der Waals surface area (Å²) in [6, 6.07) is 5.98. The van der Waals surface area contributed by atoms with E-state index in [9.17, 15) is 14.7 Å². The van der Waals surface area contributed by atoms with E-state index in [0.29, 0.717) is 45.4 Å². The van der Waals surface area contributed by atoms with Gasteiger partial charge in [0.1, 0.15) is 0 Å². The summed E-state index contributed by atoms with van der Waals surface area (Å²) >= 11 is 0. The minimum absolute atomic E-state index is 0.0278. The third-order valence-corrected chi connectivity index (χ3v) is 5.75. The number of benzene rings is 1. The second-order valence-corrected chi connectivity index (χ2v) is 7.97. The second kappa shape index (κ2) is 7.37. The van der Waals surface area contributed by atoms with Gasteiger partial charge in [0.25, 0.3) is 0 Å². The van der Waals surface area contributed by atoms with Gasteiger partial charge in [0.15, 0.2) is 0 Å². The van der Waals surface area contributed by atoms with Crippen molar-refractivity contribution in [3.05, 3.63) is 29.3 Å². The number of piperidine rings is 2. The number of anilines is 1. The SMILES string of the molecule is Cc1ccc(NC(=O)CN2CCC3(CC2)CC(O)CN(C)C3=O)c(C)c1. The van der Waals surface area contributed by atoms with Crippen LogP contribution >= 0.6 is 0 Å². The molecule has 0 radical (unpaired) electrons. The summed E-state index contributed by atoms with van der Waals surface area (Å²) in [7, 11) is 1.76. The lowest BCUT2D eigenvalue weighted by molar-refractivity contribution is -0.154. The van der Waals surface area contributed by atoms with Crippen LogP contribution in [0, 0.1) is 19.3 Å². The van der Waals surface area contributed by atoms with Gasteiger partial charge in [-0.05, 0) is 57.8 Å². The highest BCUT2D eigenvalue weighted by Gasteiger charge is 2.47. The van der Waals surface area contributed by atoms with Crippen molar-refractivity contribution in [1.29, 1.82) is 0 Å². The Bertz CT molecular complexity index is 696. The van der Waals surface area contributed by atoms with Gasteiger partial charge in [-0.1, -0.05) is 17.7 Å². The molecule has 1 spiro atoms. The first-order chi connectivity index (χ1) is 12.3. The van der Waals surface area contributed by atoms with E-state index >= 15 is 0 Å². The first-order valence-corrected chi connectivity index (χ1v) is 9.32. The number of β-amino-alcohol motifs (C(OH)–C–C–N with tert-alkyl or cyclic N) is 1. The molecule has 2 amide bonds. The number of aliphatic hydroxyl groups is 1. The van der Waals surface area contributed by atoms with Crippen LogP contribution in [0.5, 0.6) is 0 Å². The highest BCUT2D eigenvalue weighted by Crippen LogP contribution is 2.40. The molecule has 26 heavy (non-hydrogen) atoms. The average Bonchev–Trinajstić information content (AvgIpc) is 2.57. The van der Waals surface area contributed by atoms with Crippen LogP contribution in [0.4, 0.5) is 5.69 Å². The number of aliphatic hydroxyl groups excluding tert-OH is 1. The number of rotatable bonds is 3. The minimum atomic E-state index is -0.451. The molecule has 1 aromatic carbocycles. The molecule has 2 aliphatic heterocycles. The lowest BCUT2D eigenvalue weighted by Gasteiger charge is -2.46. The van der Waals surface area contributed by atoms with E-state index in [2.05, 4.69) is 16.3 Å². The number of aryl methyl sites for hydroxylation is 2. The predicted octanol–water partition coefficient (Wildman–Crippen LogP) is 1.55. The molecular formula is C20H29N3O3. The maximum atomic E-state index is 12.6. The van der Waals surface area contributed by atoms with Crippen LogP contribution < -0.4 is 5.32 Å².